The molecule has 0 unspecified atom stereocenters. The maximum Gasteiger partial charge on any atom is 0.174 e. The highest BCUT2D eigenvalue weighted by Crippen LogP contribution is 2.27. The minimum atomic E-state index is -0.0514. The van der Waals surface area contributed by atoms with Crippen LogP contribution in [0.25, 0.3) is 0 Å². The second-order valence-electron chi connectivity index (χ2n) is 6.54. The number of likely N-dealkylation sites (N-methyl/N-ethyl adjacent to an activating group) is 1. The number of aliphatic imine (C=N–C) groups is 1. The van der Waals surface area contributed by atoms with Crippen LogP contribution in [0.15, 0.2) is 10.1 Å². The van der Waals surface area contributed by atoms with Gasteiger partial charge in [0.1, 0.15) is 0 Å². The molecule has 0 aliphatic carbocycles. The van der Waals surface area contributed by atoms with Gasteiger partial charge in [0.25, 0.3) is 0 Å². The second kappa shape index (κ2) is 7.16. The summed E-state index contributed by atoms with van der Waals surface area (Å²) >= 11 is 0. The minimum Gasteiger partial charge on any atom is -0.387 e. The summed E-state index contributed by atoms with van der Waals surface area (Å²) in [6.45, 7) is 13.7. The summed E-state index contributed by atoms with van der Waals surface area (Å²) in [5.41, 5.74) is 7.97. The Balaban J connectivity index is 2.62. The van der Waals surface area contributed by atoms with Gasteiger partial charge < -0.3 is 9.74 Å². The van der Waals surface area contributed by atoms with Gasteiger partial charge in [-0.3, -0.25) is 9.79 Å². The largest absolute Gasteiger partial charge is 0.387 e. The summed E-state index contributed by atoms with van der Waals surface area (Å²) in [5.74, 6) is 0.775. The summed E-state index contributed by atoms with van der Waals surface area (Å²) in [4.78, 5) is 23.2. The van der Waals surface area contributed by atoms with Gasteiger partial charge in [-0.1, -0.05) is 5.16 Å². The Bertz CT molecular complexity index is 704. The smallest absolute Gasteiger partial charge is 0.174 e. The Hall–Kier alpha value is -2.17. The molecule has 1 aromatic rings. The van der Waals surface area contributed by atoms with Crippen LogP contribution in [0, 0.1) is 34.6 Å². The molecule has 0 amide bonds. The molecule has 0 aromatic heterocycles. The SMILES string of the molecule is CC(=O)CON=C(C1=NCCN1C)c1c(C)c(C)c(C)c(C)c1C. The van der Waals surface area contributed by atoms with Crippen LogP contribution < -0.4 is 0 Å². The van der Waals surface area contributed by atoms with Crippen LogP contribution >= 0.6 is 0 Å². The molecular formula is C19H27N3O2. The van der Waals surface area contributed by atoms with Gasteiger partial charge in [-0.05, 0) is 69.4 Å². The predicted octanol–water partition coefficient (Wildman–Crippen LogP) is 2.88. The van der Waals surface area contributed by atoms with E-state index >= 15 is 0 Å². The number of nitrogens with zero attached hydrogens (tertiary/aromatic N) is 3. The van der Waals surface area contributed by atoms with Crippen LogP contribution in [0.3, 0.4) is 0 Å². The number of ketones is 1. The molecule has 24 heavy (non-hydrogen) atoms. The molecule has 0 saturated heterocycles. The molecule has 1 aromatic carbocycles. The van der Waals surface area contributed by atoms with Gasteiger partial charge in [0.05, 0.1) is 6.54 Å². The van der Waals surface area contributed by atoms with E-state index in [1.54, 1.807) is 0 Å². The molecular weight excluding hydrogens is 302 g/mol. The van der Waals surface area contributed by atoms with Crippen LogP contribution in [0.1, 0.15) is 40.3 Å². The molecule has 1 aliphatic heterocycles. The average Bonchev–Trinajstić information content (AvgIpc) is 2.95. The molecule has 0 atom stereocenters. The first-order valence-corrected chi connectivity index (χ1v) is 8.28. The molecule has 0 N–H and O–H groups in total. The fourth-order valence-corrected chi connectivity index (χ4v) is 3.03. The standard InChI is InChI=1S/C19H27N3O2/c1-11(23)10-24-21-18(19-20-8-9-22(19)7)17-15(5)13(3)12(2)14(4)16(17)6/h8-10H2,1-7H3. The lowest BCUT2D eigenvalue weighted by molar-refractivity contribution is -0.121. The summed E-state index contributed by atoms with van der Waals surface area (Å²) < 4.78 is 0. The first-order valence-electron chi connectivity index (χ1n) is 8.28. The normalized spacial score (nSPS) is 14.9. The molecule has 5 heteroatoms. The molecule has 0 spiro atoms. The van der Waals surface area contributed by atoms with Crippen molar-refractivity contribution in [1.29, 1.82) is 0 Å². The molecule has 1 heterocycles. The van der Waals surface area contributed by atoms with Crippen molar-refractivity contribution in [3.8, 4) is 0 Å². The number of oxime groups is 1. The van der Waals surface area contributed by atoms with E-state index in [2.05, 4.69) is 49.7 Å². The third kappa shape index (κ3) is 3.35. The number of carbonyl (C=O) groups is 1. The van der Waals surface area contributed by atoms with Crippen molar-refractivity contribution in [3.05, 3.63) is 33.4 Å². The summed E-state index contributed by atoms with van der Waals surface area (Å²) in [6.07, 6.45) is 0. The monoisotopic (exact) mass is 329 g/mol. The third-order valence-corrected chi connectivity index (χ3v) is 4.93. The minimum absolute atomic E-state index is 0.0254. The van der Waals surface area contributed by atoms with Crippen molar-refractivity contribution in [2.75, 3.05) is 26.7 Å². The van der Waals surface area contributed by atoms with Crippen LogP contribution in [0.2, 0.25) is 0 Å². The molecule has 2 rings (SSSR count). The zero-order chi connectivity index (χ0) is 18.0. The van der Waals surface area contributed by atoms with Crippen LogP contribution in [-0.4, -0.2) is 49.0 Å². The first-order chi connectivity index (χ1) is 11.3. The molecule has 5 nitrogen and oxygen atoms in total. The molecule has 1 aliphatic rings. The van der Waals surface area contributed by atoms with Gasteiger partial charge in [-0.2, -0.15) is 0 Å². The van der Waals surface area contributed by atoms with Gasteiger partial charge >= 0.3 is 0 Å². The van der Waals surface area contributed by atoms with Gasteiger partial charge in [-0.25, -0.2) is 0 Å². The Labute approximate surface area is 144 Å². The molecule has 0 fully saturated rings. The Morgan fingerprint density at radius 3 is 2.08 bits per heavy atom. The average molecular weight is 329 g/mol. The number of carbonyl (C=O) groups excluding carboxylic acids is 1. The van der Waals surface area contributed by atoms with Gasteiger partial charge in [-0.15, -0.1) is 0 Å². The van der Waals surface area contributed by atoms with Crippen molar-refractivity contribution >= 4 is 17.3 Å². The predicted molar refractivity (Wildman–Crippen MR) is 98.2 cm³/mol. The number of amidine groups is 1. The maximum atomic E-state index is 11.2. The molecule has 0 radical (unpaired) electrons. The summed E-state index contributed by atoms with van der Waals surface area (Å²) in [6, 6.07) is 0. The van der Waals surface area contributed by atoms with Gasteiger partial charge in [0.2, 0.25) is 0 Å². The Kier molecular flexibility index (Phi) is 5.42. The Morgan fingerprint density at radius 1 is 1.08 bits per heavy atom. The first kappa shape index (κ1) is 18.2. The fraction of sp³-hybridized carbons (Fsp3) is 0.526. The highest BCUT2D eigenvalue weighted by Gasteiger charge is 2.26. The maximum absolute atomic E-state index is 11.2. The van der Waals surface area contributed by atoms with Crippen molar-refractivity contribution in [1.82, 2.24) is 4.90 Å². The van der Waals surface area contributed by atoms with E-state index < -0.39 is 0 Å². The van der Waals surface area contributed by atoms with E-state index in [1.807, 2.05) is 7.05 Å². The number of benzene rings is 1. The lowest BCUT2D eigenvalue weighted by Crippen LogP contribution is -2.32. The van der Waals surface area contributed by atoms with Crippen molar-refractivity contribution in [3.63, 3.8) is 0 Å². The Morgan fingerprint density at radius 2 is 1.62 bits per heavy atom. The van der Waals surface area contributed by atoms with Gasteiger partial charge in [0.15, 0.2) is 23.9 Å². The molecule has 130 valence electrons. The summed E-state index contributed by atoms with van der Waals surface area (Å²) in [5, 5.41) is 4.32. The van der Waals surface area contributed by atoms with E-state index in [1.165, 1.54) is 34.7 Å². The highest BCUT2D eigenvalue weighted by atomic mass is 16.6. The number of Topliss-reactive ketones (excluding diaryl/α,β-unsaturated/α-hetero) is 1. The number of rotatable bonds is 5. The third-order valence-electron chi connectivity index (χ3n) is 4.93. The number of hydrogen-bond acceptors (Lipinski definition) is 5. The molecule has 0 bridgehead atoms. The van der Waals surface area contributed by atoms with Crippen LogP contribution in [0.4, 0.5) is 0 Å². The fourth-order valence-electron chi connectivity index (χ4n) is 3.03. The van der Waals surface area contributed by atoms with Crippen LogP contribution in [-0.2, 0) is 9.63 Å². The zero-order valence-electron chi connectivity index (χ0n) is 15.8. The van der Waals surface area contributed by atoms with E-state index in [-0.39, 0.29) is 12.4 Å². The second-order valence-corrected chi connectivity index (χ2v) is 6.54. The quantitative estimate of drug-likeness (QED) is 0.616. The van der Waals surface area contributed by atoms with Crippen molar-refractivity contribution < 1.29 is 9.63 Å². The number of hydrogen-bond donors (Lipinski definition) is 0. The summed E-state index contributed by atoms with van der Waals surface area (Å²) in [7, 11) is 2.00. The highest BCUT2D eigenvalue weighted by molar-refractivity contribution is 6.48. The van der Waals surface area contributed by atoms with Crippen LogP contribution in [0.5, 0.6) is 0 Å². The van der Waals surface area contributed by atoms with Crippen molar-refractivity contribution in [2.24, 2.45) is 10.1 Å². The van der Waals surface area contributed by atoms with E-state index in [4.69, 9.17) is 4.84 Å². The molecule has 0 saturated carbocycles. The van der Waals surface area contributed by atoms with E-state index in [9.17, 15) is 4.79 Å². The topological polar surface area (TPSA) is 54.3 Å². The van der Waals surface area contributed by atoms with E-state index in [0.29, 0.717) is 0 Å². The van der Waals surface area contributed by atoms with Gasteiger partial charge in [0, 0.05) is 19.2 Å². The van der Waals surface area contributed by atoms with E-state index in [0.717, 1.165) is 30.2 Å². The lowest BCUT2D eigenvalue weighted by Gasteiger charge is -2.22. The van der Waals surface area contributed by atoms with Crippen molar-refractivity contribution in [2.45, 2.75) is 41.5 Å². The zero-order valence-corrected chi connectivity index (χ0v) is 15.8. The lowest BCUT2D eigenvalue weighted by atomic mass is 9.87.